The minimum atomic E-state index is 0.369. The van der Waals surface area contributed by atoms with Crippen LogP contribution in [0.3, 0.4) is 0 Å². The highest BCUT2D eigenvalue weighted by Crippen LogP contribution is 2.27. The molecule has 0 fully saturated rings. The summed E-state index contributed by atoms with van der Waals surface area (Å²) in [5, 5.41) is 8.37. The third-order valence-electron chi connectivity index (χ3n) is 2.77. The SMILES string of the molecule is CCCc1c(C=O)nnn1-c1ccc(OC)c(Cl)c1. The Labute approximate surface area is 116 Å². The molecule has 1 aromatic heterocycles. The van der Waals surface area contributed by atoms with E-state index in [9.17, 15) is 4.79 Å². The molecule has 1 aromatic carbocycles. The molecule has 0 unspecified atom stereocenters. The number of rotatable bonds is 5. The average molecular weight is 280 g/mol. The van der Waals surface area contributed by atoms with Gasteiger partial charge in [0.15, 0.2) is 6.29 Å². The number of carbonyl (C=O) groups is 1. The Hall–Kier alpha value is -1.88. The monoisotopic (exact) mass is 279 g/mol. The van der Waals surface area contributed by atoms with Gasteiger partial charge in [-0.05, 0) is 24.6 Å². The minimum absolute atomic E-state index is 0.369. The van der Waals surface area contributed by atoms with E-state index in [1.165, 1.54) is 0 Å². The first-order valence-corrected chi connectivity index (χ1v) is 6.32. The fourth-order valence-electron chi connectivity index (χ4n) is 1.87. The summed E-state index contributed by atoms with van der Waals surface area (Å²) in [5.41, 5.74) is 1.92. The van der Waals surface area contributed by atoms with Gasteiger partial charge in [0.2, 0.25) is 0 Å². The Morgan fingerprint density at radius 2 is 2.26 bits per heavy atom. The van der Waals surface area contributed by atoms with Crippen LogP contribution in [0.2, 0.25) is 5.02 Å². The molecule has 1 heterocycles. The van der Waals surface area contributed by atoms with Crippen molar-refractivity contribution in [2.24, 2.45) is 0 Å². The Bertz CT molecular complexity index is 596. The van der Waals surface area contributed by atoms with Gasteiger partial charge in [0, 0.05) is 0 Å². The Balaban J connectivity index is 2.49. The summed E-state index contributed by atoms with van der Waals surface area (Å²) in [7, 11) is 1.56. The molecule has 0 atom stereocenters. The van der Waals surface area contributed by atoms with Gasteiger partial charge in [0.05, 0.1) is 23.5 Å². The van der Waals surface area contributed by atoms with Gasteiger partial charge < -0.3 is 4.74 Å². The van der Waals surface area contributed by atoms with Crippen LogP contribution in [0.4, 0.5) is 0 Å². The Kier molecular flexibility index (Phi) is 4.16. The van der Waals surface area contributed by atoms with Crippen LogP contribution < -0.4 is 4.74 Å². The van der Waals surface area contributed by atoms with Crippen LogP contribution in [-0.4, -0.2) is 28.4 Å². The van der Waals surface area contributed by atoms with Crippen LogP contribution >= 0.6 is 11.6 Å². The highest BCUT2D eigenvalue weighted by Gasteiger charge is 2.13. The first kappa shape index (κ1) is 13.5. The molecule has 0 spiro atoms. The number of hydrogen-bond acceptors (Lipinski definition) is 4. The largest absolute Gasteiger partial charge is 0.495 e. The summed E-state index contributed by atoms with van der Waals surface area (Å²) in [6, 6.07) is 5.33. The van der Waals surface area contributed by atoms with Crippen molar-refractivity contribution < 1.29 is 9.53 Å². The van der Waals surface area contributed by atoms with Gasteiger partial charge >= 0.3 is 0 Å². The smallest absolute Gasteiger partial charge is 0.172 e. The van der Waals surface area contributed by atoms with E-state index in [1.807, 2.05) is 13.0 Å². The fraction of sp³-hybridized carbons (Fsp3) is 0.308. The maximum absolute atomic E-state index is 11.0. The second-order valence-corrected chi connectivity index (χ2v) is 4.43. The van der Waals surface area contributed by atoms with Crippen molar-refractivity contribution in [2.75, 3.05) is 7.11 Å². The van der Waals surface area contributed by atoms with E-state index in [-0.39, 0.29) is 0 Å². The number of carbonyl (C=O) groups excluding carboxylic acids is 1. The fourth-order valence-corrected chi connectivity index (χ4v) is 2.12. The van der Waals surface area contributed by atoms with Crippen molar-refractivity contribution in [3.63, 3.8) is 0 Å². The second-order valence-electron chi connectivity index (χ2n) is 4.02. The molecule has 0 N–H and O–H groups in total. The summed E-state index contributed by atoms with van der Waals surface area (Å²) in [6.07, 6.45) is 2.35. The van der Waals surface area contributed by atoms with Gasteiger partial charge in [-0.25, -0.2) is 4.68 Å². The lowest BCUT2D eigenvalue weighted by Gasteiger charge is -2.08. The standard InChI is InChI=1S/C13H14ClN3O2/c1-3-4-12-11(8-18)15-16-17(12)9-5-6-13(19-2)10(14)7-9/h5-8H,3-4H2,1-2H3. The van der Waals surface area contributed by atoms with Crippen LogP contribution in [0, 0.1) is 0 Å². The van der Waals surface area contributed by atoms with Gasteiger partial charge in [-0.3, -0.25) is 4.79 Å². The summed E-state index contributed by atoms with van der Waals surface area (Å²) in [6.45, 7) is 2.03. The average Bonchev–Trinajstić information content (AvgIpc) is 2.82. The van der Waals surface area contributed by atoms with E-state index in [1.54, 1.807) is 23.9 Å². The third kappa shape index (κ3) is 2.61. The Morgan fingerprint density at radius 1 is 1.47 bits per heavy atom. The highest BCUT2D eigenvalue weighted by atomic mass is 35.5. The number of benzene rings is 1. The first-order chi connectivity index (χ1) is 9.21. The molecule has 0 saturated heterocycles. The molecule has 0 amide bonds. The maximum Gasteiger partial charge on any atom is 0.172 e. The molecule has 2 rings (SSSR count). The van der Waals surface area contributed by atoms with Crippen molar-refractivity contribution in [3.05, 3.63) is 34.6 Å². The van der Waals surface area contributed by atoms with E-state index in [0.717, 1.165) is 30.5 Å². The zero-order chi connectivity index (χ0) is 13.8. The lowest BCUT2D eigenvalue weighted by atomic mass is 10.2. The molecule has 6 heteroatoms. The van der Waals surface area contributed by atoms with Gasteiger partial charge in [-0.2, -0.15) is 0 Å². The quantitative estimate of drug-likeness (QED) is 0.790. The normalized spacial score (nSPS) is 10.5. The Morgan fingerprint density at radius 3 is 2.84 bits per heavy atom. The van der Waals surface area contributed by atoms with Crippen molar-refractivity contribution in [2.45, 2.75) is 19.8 Å². The zero-order valence-corrected chi connectivity index (χ0v) is 11.5. The van der Waals surface area contributed by atoms with E-state index < -0.39 is 0 Å². The molecule has 0 radical (unpaired) electrons. The number of ether oxygens (including phenoxy) is 1. The number of aromatic nitrogens is 3. The van der Waals surface area contributed by atoms with Crippen molar-refractivity contribution >= 4 is 17.9 Å². The van der Waals surface area contributed by atoms with Crippen molar-refractivity contribution in [3.8, 4) is 11.4 Å². The topological polar surface area (TPSA) is 57.0 Å². The van der Waals surface area contributed by atoms with Gasteiger partial charge in [-0.1, -0.05) is 30.2 Å². The number of nitrogens with zero attached hydrogens (tertiary/aromatic N) is 3. The lowest BCUT2D eigenvalue weighted by Crippen LogP contribution is -2.03. The number of methoxy groups -OCH3 is 1. The highest BCUT2D eigenvalue weighted by molar-refractivity contribution is 6.32. The van der Waals surface area contributed by atoms with Crippen LogP contribution in [0.5, 0.6) is 5.75 Å². The molecule has 0 aliphatic heterocycles. The molecule has 5 nitrogen and oxygen atoms in total. The molecular formula is C13H14ClN3O2. The van der Waals surface area contributed by atoms with Crippen LogP contribution in [0.25, 0.3) is 5.69 Å². The predicted octanol–water partition coefficient (Wildman–Crippen LogP) is 2.69. The van der Waals surface area contributed by atoms with E-state index in [2.05, 4.69) is 10.3 Å². The molecule has 2 aromatic rings. The summed E-state index contributed by atoms with van der Waals surface area (Å²) in [4.78, 5) is 11.0. The minimum Gasteiger partial charge on any atom is -0.495 e. The summed E-state index contributed by atoms with van der Waals surface area (Å²) >= 11 is 6.09. The van der Waals surface area contributed by atoms with Crippen molar-refractivity contribution in [1.82, 2.24) is 15.0 Å². The second kappa shape index (κ2) is 5.84. The van der Waals surface area contributed by atoms with Crippen LogP contribution in [0.15, 0.2) is 18.2 Å². The molecule has 0 aliphatic rings. The molecule has 0 aliphatic carbocycles. The molecule has 100 valence electrons. The van der Waals surface area contributed by atoms with Gasteiger partial charge in [-0.15, -0.1) is 5.10 Å². The van der Waals surface area contributed by atoms with E-state index >= 15 is 0 Å². The third-order valence-corrected chi connectivity index (χ3v) is 3.07. The molecular weight excluding hydrogens is 266 g/mol. The van der Waals surface area contributed by atoms with Crippen LogP contribution in [-0.2, 0) is 6.42 Å². The maximum atomic E-state index is 11.0. The molecule has 19 heavy (non-hydrogen) atoms. The summed E-state index contributed by atoms with van der Waals surface area (Å²) < 4.78 is 6.74. The zero-order valence-electron chi connectivity index (χ0n) is 10.8. The van der Waals surface area contributed by atoms with Crippen LogP contribution in [0.1, 0.15) is 29.5 Å². The number of aldehydes is 1. The first-order valence-electron chi connectivity index (χ1n) is 5.95. The number of hydrogen-bond donors (Lipinski definition) is 0. The number of halogens is 1. The van der Waals surface area contributed by atoms with E-state index in [4.69, 9.17) is 16.3 Å². The van der Waals surface area contributed by atoms with E-state index in [0.29, 0.717) is 16.5 Å². The lowest BCUT2D eigenvalue weighted by molar-refractivity contribution is 0.111. The van der Waals surface area contributed by atoms with Gasteiger partial charge in [0.1, 0.15) is 11.4 Å². The van der Waals surface area contributed by atoms with Gasteiger partial charge in [0.25, 0.3) is 0 Å². The predicted molar refractivity (Wildman–Crippen MR) is 72.3 cm³/mol. The summed E-state index contributed by atoms with van der Waals surface area (Å²) in [5.74, 6) is 0.596. The molecule has 0 bridgehead atoms. The molecule has 0 saturated carbocycles. The van der Waals surface area contributed by atoms with Crippen molar-refractivity contribution in [1.29, 1.82) is 0 Å².